The average Bonchev–Trinajstić information content (AvgIpc) is 2.66. The van der Waals surface area contributed by atoms with Crippen LogP contribution in [0.25, 0.3) is 0 Å². The Morgan fingerprint density at radius 2 is 1.62 bits per heavy atom. The van der Waals surface area contributed by atoms with Gasteiger partial charge in [0.1, 0.15) is 18.3 Å². The highest BCUT2D eigenvalue weighted by atomic mass is 17.1. The minimum Gasteiger partial charge on any atom is -0.387 e. The van der Waals surface area contributed by atoms with E-state index in [1.54, 1.807) is 6.07 Å². The third-order valence-electron chi connectivity index (χ3n) is 3.79. The SMILES string of the molecule is O=C(NC(C(=O)OO)C(=O)C1OC(O)C(O)C(O)C1O)c1ccccc1. The molecule has 1 amide bonds. The van der Waals surface area contributed by atoms with Crippen molar-refractivity contribution < 1.29 is 49.7 Å². The van der Waals surface area contributed by atoms with E-state index in [-0.39, 0.29) is 5.56 Å². The van der Waals surface area contributed by atoms with Gasteiger partial charge in [-0.3, -0.25) is 14.5 Å². The zero-order valence-corrected chi connectivity index (χ0v) is 13.1. The van der Waals surface area contributed by atoms with Gasteiger partial charge < -0.3 is 30.5 Å². The molecule has 6 N–H and O–H groups in total. The summed E-state index contributed by atoms with van der Waals surface area (Å²) in [6.45, 7) is 0. The Morgan fingerprint density at radius 1 is 1.00 bits per heavy atom. The first kappa shape index (κ1) is 19.9. The van der Waals surface area contributed by atoms with E-state index in [0.717, 1.165) is 0 Å². The van der Waals surface area contributed by atoms with Crippen molar-refractivity contribution >= 4 is 17.7 Å². The molecule has 1 aromatic rings. The minimum absolute atomic E-state index is 0.0802. The van der Waals surface area contributed by atoms with Gasteiger partial charge in [0, 0.05) is 5.56 Å². The molecule has 1 aromatic carbocycles. The van der Waals surface area contributed by atoms with E-state index in [2.05, 4.69) is 4.89 Å². The van der Waals surface area contributed by atoms with Gasteiger partial charge in [0.05, 0.1) is 0 Å². The lowest BCUT2D eigenvalue weighted by Crippen LogP contribution is -2.63. The number of rotatable bonds is 5. The van der Waals surface area contributed by atoms with Gasteiger partial charge in [0.15, 0.2) is 24.2 Å². The fourth-order valence-corrected chi connectivity index (χ4v) is 2.36. The molecule has 0 aliphatic carbocycles. The molecule has 26 heavy (non-hydrogen) atoms. The lowest BCUT2D eigenvalue weighted by atomic mass is 9.93. The summed E-state index contributed by atoms with van der Waals surface area (Å²) >= 11 is 0. The van der Waals surface area contributed by atoms with Crippen LogP contribution in [0.15, 0.2) is 30.3 Å². The van der Waals surface area contributed by atoms with Crippen molar-refractivity contribution in [1.82, 2.24) is 5.32 Å². The van der Waals surface area contributed by atoms with Crippen molar-refractivity contribution in [3.63, 3.8) is 0 Å². The molecule has 0 spiro atoms. The molecule has 1 saturated heterocycles. The van der Waals surface area contributed by atoms with Gasteiger partial charge in [-0.15, -0.1) is 0 Å². The summed E-state index contributed by atoms with van der Waals surface area (Å²) in [5.41, 5.74) is 0.0802. The molecule has 0 saturated carbocycles. The Balaban J connectivity index is 2.22. The van der Waals surface area contributed by atoms with Crippen LogP contribution < -0.4 is 5.32 Å². The molecule has 1 aliphatic rings. The topological polar surface area (TPSA) is 183 Å². The molecular formula is C15H17NO10. The maximum atomic E-state index is 12.5. The van der Waals surface area contributed by atoms with Crippen molar-refractivity contribution in [1.29, 1.82) is 0 Å². The third-order valence-corrected chi connectivity index (χ3v) is 3.79. The minimum atomic E-state index is -2.11. The number of ketones is 1. The van der Waals surface area contributed by atoms with E-state index in [0.29, 0.717) is 0 Å². The first-order valence-corrected chi connectivity index (χ1v) is 7.40. The Bertz CT molecular complexity index is 666. The lowest BCUT2D eigenvalue weighted by Gasteiger charge is -2.38. The molecule has 6 unspecified atom stereocenters. The summed E-state index contributed by atoms with van der Waals surface area (Å²) in [5, 5.41) is 48.9. The van der Waals surface area contributed by atoms with E-state index >= 15 is 0 Å². The quantitative estimate of drug-likeness (QED) is 0.179. The van der Waals surface area contributed by atoms with Gasteiger partial charge in [-0.1, -0.05) is 18.2 Å². The van der Waals surface area contributed by atoms with Crippen molar-refractivity contribution in [2.45, 2.75) is 36.7 Å². The highest BCUT2D eigenvalue weighted by Gasteiger charge is 2.49. The van der Waals surface area contributed by atoms with Crippen LogP contribution in [0, 0.1) is 0 Å². The first-order chi connectivity index (χ1) is 12.3. The number of nitrogens with one attached hydrogen (secondary N) is 1. The van der Waals surface area contributed by atoms with Gasteiger partial charge in [-0.25, -0.2) is 4.79 Å². The van der Waals surface area contributed by atoms with Gasteiger partial charge in [0.25, 0.3) is 5.91 Å². The molecule has 6 atom stereocenters. The molecule has 11 heteroatoms. The van der Waals surface area contributed by atoms with Crippen LogP contribution in [0.1, 0.15) is 10.4 Å². The second-order valence-corrected chi connectivity index (χ2v) is 5.50. The smallest absolute Gasteiger partial charge is 0.371 e. The Hall–Kier alpha value is -2.41. The van der Waals surface area contributed by atoms with E-state index < -0.39 is 54.4 Å². The van der Waals surface area contributed by atoms with Crippen LogP contribution in [0.5, 0.6) is 0 Å². The summed E-state index contributed by atoms with van der Waals surface area (Å²) in [7, 11) is 0. The normalized spacial score (nSPS) is 29.5. The largest absolute Gasteiger partial charge is 0.387 e. The molecule has 0 radical (unpaired) electrons. The summed E-state index contributed by atoms with van der Waals surface area (Å²) in [6.07, 6.45) is -9.87. The first-order valence-electron chi connectivity index (χ1n) is 7.40. The molecule has 11 nitrogen and oxygen atoms in total. The second-order valence-electron chi connectivity index (χ2n) is 5.50. The standard InChI is InChI=1S/C15H17NO10/c17-8(12-10(19)9(18)11(20)15(23)25-12)7(14(22)26-24)16-13(21)6-4-2-1-3-5-6/h1-5,7,9-12,15,18-20,23-24H,(H,16,21). The number of benzene rings is 1. The van der Waals surface area contributed by atoms with E-state index in [1.807, 2.05) is 5.32 Å². The van der Waals surface area contributed by atoms with E-state index in [9.17, 15) is 34.8 Å². The van der Waals surface area contributed by atoms with Crippen LogP contribution in [-0.4, -0.2) is 80.1 Å². The molecule has 2 rings (SSSR count). The van der Waals surface area contributed by atoms with Crippen molar-refractivity contribution in [3.8, 4) is 0 Å². The summed E-state index contributed by atoms with van der Waals surface area (Å²) in [4.78, 5) is 39.8. The molecule has 1 aliphatic heterocycles. The average molecular weight is 371 g/mol. The predicted octanol–water partition coefficient (Wildman–Crippen LogP) is -2.83. The maximum absolute atomic E-state index is 12.5. The van der Waals surface area contributed by atoms with Crippen LogP contribution in [-0.2, 0) is 19.2 Å². The number of amides is 1. The Labute approximate surface area is 146 Å². The lowest BCUT2D eigenvalue weighted by molar-refractivity contribution is -0.276. The van der Waals surface area contributed by atoms with Gasteiger partial charge in [-0.2, -0.15) is 5.26 Å². The van der Waals surface area contributed by atoms with Crippen LogP contribution in [0.3, 0.4) is 0 Å². The summed E-state index contributed by atoms with van der Waals surface area (Å²) in [6, 6.07) is 5.34. The Kier molecular flexibility index (Phi) is 6.37. The number of carbonyl (C=O) groups excluding carboxylic acids is 3. The zero-order valence-electron chi connectivity index (χ0n) is 13.1. The maximum Gasteiger partial charge on any atom is 0.371 e. The van der Waals surface area contributed by atoms with Crippen LogP contribution in [0.4, 0.5) is 0 Å². The highest BCUT2D eigenvalue weighted by Crippen LogP contribution is 2.21. The van der Waals surface area contributed by atoms with E-state index in [1.165, 1.54) is 24.3 Å². The number of hydrogen-bond acceptors (Lipinski definition) is 10. The number of Topliss-reactive ketones (excluding diaryl/α,β-unsaturated/α-hetero) is 1. The summed E-state index contributed by atoms with van der Waals surface area (Å²) < 4.78 is 4.71. The zero-order chi connectivity index (χ0) is 19.4. The van der Waals surface area contributed by atoms with Gasteiger partial charge in [-0.05, 0) is 12.1 Å². The number of hydrogen-bond donors (Lipinski definition) is 6. The Morgan fingerprint density at radius 3 is 2.19 bits per heavy atom. The van der Waals surface area contributed by atoms with Gasteiger partial charge >= 0.3 is 5.97 Å². The second kappa shape index (κ2) is 8.31. The van der Waals surface area contributed by atoms with Crippen molar-refractivity contribution in [3.05, 3.63) is 35.9 Å². The van der Waals surface area contributed by atoms with Gasteiger partial charge in [0.2, 0.25) is 0 Å². The molecule has 1 fully saturated rings. The van der Waals surface area contributed by atoms with Crippen LogP contribution in [0.2, 0.25) is 0 Å². The number of aliphatic hydroxyl groups excluding tert-OH is 4. The fraction of sp³-hybridized carbons (Fsp3) is 0.400. The third kappa shape index (κ3) is 4.04. The predicted molar refractivity (Wildman–Crippen MR) is 80.3 cm³/mol. The highest BCUT2D eigenvalue weighted by molar-refractivity contribution is 6.09. The number of ether oxygens (including phenoxy) is 1. The monoisotopic (exact) mass is 371 g/mol. The molecule has 142 valence electrons. The number of carbonyl (C=O) groups is 3. The molecular weight excluding hydrogens is 354 g/mol. The van der Waals surface area contributed by atoms with Crippen LogP contribution >= 0.6 is 0 Å². The van der Waals surface area contributed by atoms with E-state index in [4.69, 9.17) is 9.99 Å². The number of aliphatic hydroxyl groups is 4. The van der Waals surface area contributed by atoms with Crippen molar-refractivity contribution in [2.75, 3.05) is 0 Å². The summed E-state index contributed by atoms with van der Waals surface area (Å²) in [5.74, 6) is -3.77. The molecule has 1 heterocycles. The van der Waals surface area contributed by atoms with Crippen molar-refractivity contribution in [2.24, 2.45) is 0 Å². The fourth-order valence-electron chi connectivity index (χ4n) is 2.36. The molecule has 0 bridgehead atoms. The molecule has 0 aromatic heterocycles.